The lowest BCUT2D eigenvalue weighted by molar-refractivity contribution is -0.117. The van der Waals surface area contributed by atoms with Gasteiger partial charge in [-0.15, -0.1) is 0 Å². The summed E-state index contributed by atoms with van der Waals surface area (Å²) in [5.41, 5.74) is 7.72. The van der Waals surface area contributed by atoms with E-state index in [1.54, 1.807) is 0 Å². The molecule has 0 aliphatic carbocycles. The van der Waals surface area contributed by atoms with Gasteiger partial charge >= 0.3 is 0 Å². The van der Waals surface area contributed by atoms with Gasteiger partial charge in [-0.2, -0.15) is 0 Å². The van der Waals surface area contributed by atoms with Crippen molar-refractivity contribution in [3.63, 3.8) is 0 Å². The molecule has 86 valence electrons. The van der Waals surface area contributed by atoms with Crippen molar-refractivity contribution in [2.45, 2.75) is 13.3 Å². The molecular formula is C12H15BrN2O. The van der Waals surface area contributed by atoms with E-state index in [4.69, 9.17) is 5.73 Å². The molecule has 1 aromatic carbocycles. The van der Waals surface area contributed by atoms with Crippen LogP contribution in [0.1, 0.15) is 12.0 Å². The van der Waals surface area contributed by atoms with Crippen LogP contribution < -0.4 is 10.6 Å². The molecular weight excluding hydrogens is 268 g/mol. The first-order chi connectivity index (χ1) is 7.60. The van der Waals surface area contributed by atoms with Crippen LogP contribution in [0.25, 0.3) is 0 Å². The average Bonchev–Trinajstić information content (AvgIpc) is 2.58. The van der Waals surface area contributed by atoms with Crippen molar-refractivity contribution >= 4 is 27.5 Å². The summed E-state index contributed by atoms with van der Waals surface area (Å²) in [6, 6.07) is 6.04. The van der Waals surface area contributed by atoms with E-state index in [-0.39, 0.29) is 5.91 Å². The van der Waals surface area contributed by atoms with Gasteiger partial charge in [-0.3, -0.25) is 4.79 Å². The Morgan fingerprint density at radius 2 is 2.25 bits per heavy atom. The third-order valence-corrected chi connectivity index (χ3v) is 3.33. The molecule has 0 radical (unpaired) electrons. The second-order valence-corrected chi connectivity index (χ2v) is 5.21. The van der Waals surface area contributed by atoms with Crippen LogP contribution in [0.4, 0.5) is 5.69 Å². The van der Waals surface area contributed by atoms with Crippen molar-refractivity contribution in [3.8, 4) is 0 Å². The second kappa shape index (κ2) is 4.55. The molecule has 4 heteroatoms. The highest BCUT2D eigenvalue weighted by Crippen LogP contribution is 2.28. The summed E-state index contributed by atoms with van der Waals surface area (Å²) in [5.74, 6) is 0.472. The minimum absolute atomic E-state index is 0.174. The number of amides is 1. The van der Waals surface area contributed by atoms with E-state index in [1.165, 1.54) is 0 Å². The number of aryl methyl sites for hydroxylation is 1. The number of rotatable bonds is 2. The van der Waals surface area contributed by atoms with Crippen LogP contribution in [0.15, 0.2) is 22.7 Å². The van der Waals surface area contributed by atoms with Crippen molar-refractivity contribution in [3.05, 3.63) is 28.2 Å². The number of hydrogen-bond acceptors (Lipinski definition) is 2. The molecule has 2 rings (SSSR count). The van der Waals surface area contributed by atoms with Crippen LogP contribution in [0.3, 0.4) is 0 Å². The monoisotopic (exact) mass is 282 g/mol. The first-order valence-electron chi connectivity index (χ1n) is 5.38. The molecule has 2 N–H and O–H groups in total. The summed E-state index contributed by atoms with van der Waals surface area (Å²) in [6.45, 7) is 3.34. The molecule has 0 spiro atoms. The van der Waals surface area contributed by atoms with Crippen molar-refractivity contribution in [1.82, 2.24) is 0 Å². The summed E-state index contributed by atoms with van der Waals surface area (Å²) < 4.78 is 1.01. The number of nitrogens with two attached hydrogens (primary N) is 1. The number of anilines is 1. The largest absolute Gasteiger partial charge is 0.330 e. The lowest BCUT2D eigenvalue weighted by atomic mass is 10.1. The predicted octanol–water partition coefficient (Wildman–Crippen LogP) is 2.07. The lowest BCUT2D eigenvalue weighted by Crippen LogP contribution is -2.25. The Kier molecular flexibility index (Phi) is 3.30. The first kappa shape index (κ1) is 11.6. The van der Waals surface area contributed by atoms with Gasteiger partial charge in [0.25, 0.3) is 0 Å². The molecule has 1 fully saturated rings. The number of hydrogen-bond donors (Lipinski definition) is 1. The van der Waals surface area contributed by atoms with Crippen LogP contribution in [-0.4, -0.2) is 19.0 Å². The van der Waals surface area contributed by atoms with Gasteiger partial charge in [0.15, 0.2) is 0 Å². The topological polar surface area (TPSA) is 46.3 Å². The number of nitrogens with zero attached hydrogens (tertiary/aromatic N) is 1. The highest BCUT2D eigenvalue weighted by molar-refractivity contribution is 9.10. The lowest BCUT2D eigenvalue weighted by Gasteiger charge is -2.17. The van der Waals surface area contributed by atoms with E-state index < -0.39 is 0 Å². The molecule has 0 aromatic heterocycles. The third kappa shape index (κ3) is 2.28. The molecule has 16 heavy (non-hydrogen) atoms. The molecule has 1 atom stereocenters. The fourth-order valence-corrected chi connectivity index (χ4v) is 2.66. The van der Waals surface area contributed by atoms with Gasteiger partial charge in [-0.1, -0.05) is 15.9 Å². The fourth-order valence-electron chi connectivity index (χ4n) is 2.06. The van der Waals surface area contributed by atoms with Crippen LogP contribution >= 0.6 is 15.9 Å². The Hall–Kier alpha value is -0.870. The van der Waals surface area contributed by atoms with Crippen molar-refractivity contribution in [2.75, 3.05) is 18.0 Å². The first-order valence-corrected chi connectivity index (χ1v) is 6.17. The fraction of sp³-hybridized carbons (Fsp3) is 0.417. The molecule has 1 heterocycles. The van der Waals surface area contributed by atoms with Crippen molar-refractivity contribution in [1.29, 1.82) is 0 Å². The average molecular weight is 283 g/mol. The van der Waals surface area contributed by atoms with E-state index in [1.807, 2.05) is 30.0 Å². The van der Waals surface area contributed by atoms with Crippen molar-refractivity contribution < 1.29 is 4.79 Å². The molecule has 1 amide bonds. The van der Waals surface area contributed by atoms with E-state index in [9.17, 15) is 4.79 Å². The van der Waals surface area contributed by atoms with Gasteiger partial charge in [0, 0.05) is 23.1 Å². The predicted molar refractivity (Wildman–Crippen MR) is 68.4 cm³/mol. The number of benzene rings is 1. The van der Waals surface area contributed by atoms with Gasteiger partial charge < -0.3 is 10.6 Å². The Bertz CT molecular complexity index is 399. The van der Waals surface area contributed by atoms with E-state index >= 15 is 0 Å². The Labute approximate surface area is 104 Å². The summed E-state index contributed by atoms with van der Waals surface area (Å²) in [4.78, 5) is 13.7. The van der Waals surface area contributed by atoms with E-state index in [0.717, 1.165) is 22.3 Å². The molecule has 1 aromatic rings. The Morgan fingerprint density at radius 1 is 1.50 bits per heavy atom. The summed E-state index contributed by atoms with van der Waals surface area (Å²) in [7, 11) is 0. The zero-order valence-electron chi connectivity index (χ0n) is 9.24. The maximum Gasteiger partial charge on any atom is 0.227 e. The highest BCUT2D eigenvalue weighted by Gasteiger charge is 2.29. The summed E-state index contributed by atoms with van der Waals surface area (Å²) in [6.07, 6.45) is 0.571. The minimum atomic E-state index is 0.174. The van der Waals surface area contributed by atoms with E-state index in [0.29, 0.717) is 18.9 Å². The number of carbonyl (C=O) groups is 1. The zero-order chi connectivity index (χ0) is 11.7. The van der Waals surface area contributed by atoms with Crippen molar-refractivity contribution in [2.24, 2.45) is 11.7 Å². The third-order valence-electron chi connectivity index (χ3n) is 2.88. The standard InChI is InChI=1S/C12H15BrN2O/c1-8-2-10(13)5-11(3-8)15-7-9(6-14)4-12(15)16/h2-3,5,9H,4,6-7,14H2,1H3. The minimum Gasteiger partial charge on any atom is -0.330 e. The normalized spacial score (nSPS) is 20.6. The summed E-state index contributed by atoms with van der Waals surface area (Å²) >= 11 is 3.45. The van der Waals surface area contributed by atoms with Crippen LogP contribution in [-0.2, 0) is 4.79 Å². The smallest absolute Gasteiger partial charge is 0.227 e. The Balaban J connectivity index is 2.27. The zero-order valence-corrected chi connectivity index (χ0v) is 10.8. The van der Waals surface area contributed by atoms with E-state index in [2.05, 4.69) is 15.9 Å². The van der Waals surface area contributed by atoms with Gasteiger partial charge in [0.2, 0.25) is 5.91 Å². The molecule has 1 saturated heterocycles. The maximum absolute atomic E-state index is 11.8. The molecule has 3 nitrogen and oxygen atoms in total. The molecule has 1 aliphatic rings. The quantitative estimate of drug-likeness (QED) is 0.903. The molecule has 1 unspecified atom stereocenters. The van der Waals surface area contributed by atoms with Gasteiger partial charge in [0.1, 0.15) is 0 Å². The SMILES string of the molecule is Cc1cc(Br)cc(N2CC(CN)CC2=O)c1. The molecule has 0 bridgehead atoms. The highest BCUT2D eigenvalue weighted by atomic mass is 79.9. The number of carbonyl (C=O) groups excluding carboxylic acids is 1. The second-order valence-electron chi connectivity index (χ2n) is 4.30. The van der Waals surface area contributed by atoms with Crippen LogP contribution in [0.2, 0.25) is 0 Å². The Morgan fingerprint density at radius 3 is 2.81 bits per heavy atom. The number of halogens is 1. The van der Waals surface area contributed by atoms with Gasteiger partial charge in [0.05, 0.1) is 0 Å². The summed E-state index contributed by atoms with van der Waals surface area (Å²) in [5, 5.41) is 0. The van der Waals surface area contributed by atoms with Gasteiger partial charge in [-0.05, 0) is 43.1 Å². The van der Waals surface area contributed by atoms with Crippen LogP contribution in [0.5, 0.6) is 0 Å². The molecule has 0 saturated carbocycles. The van der Waals surface area contributed by atoms with Gasteiger partial charge in [-0.25, -0.2) is 0 Å². The van der Waals surface area contributed by atoms with Crippen LogP contribution in [0, 0.1) is 12.8 Å². The maximum atomic E-state index is 11.8. The molecule has 1 aliphatic heterocycles.